The van der Waals surface area contributed by atoms with E-state index in [-0.39, 0.29) is 17.9 Å². The van der Waals surface area contributed by atoms with E-state index in [0.29, 0.717) is 19.0 Å². The molecule has 3 heterocycles. The Balaban J connectivity index is 1.28. The van der Waals surface area contributed by atoms with E-state index in [0.717, 1.165) is 53.8 Å². The number of ether oxygens (including phenoxy) is 1. The van der Waals surface area contributed by atoms with Gasteiger partial charge in [0.05, 0.1) is 19.0 Å². The van der Waals surface area contributed by atoms with Crippen molar-refractivity contribution in [1.82, 2.24) is 0 Å². The van der Waals surface area contributed by atoms with Crippen molar-refractivity contribution in [2.45, 2.75) is 24.9 Å². The Morgan fingerprint density at radius 3 is 2.11 bits per heavy atom. The number of esters is 1. The van der Waals surface area contributed by atoms with Crippen LogP contribution in [0.2, 0.25) is 0 Å². The molecule has 1 N–H and O–H groups in total. The normalized spacial score (nSPS) is 23.9. The molecule has 3 fully saturated rings. The number of fused-ring (bicyclic) bond motifs is 3. The third kappa shape index (κ3) is 5.46. The largest absolute Gasteiger partial charge is 0.456 e. The lowest BCUT2D eigenvalue weighted by atomic mass is 9.82. The lowest BCUT2D eigenvalue weighted by Gasteiger charge is -2.51. The Morgan fingerprint density at radius 2 is 1.46 bits per heavy atom. The molecule has 6 rings (SSSR count). The van der Waals surface area contributed by atoms with Crippen LogP contribution in [-0.2, 0) is 9.53 Å². The first-order valence-corrected chi connectivity index (χ1v) is 12.6. The van der Waals surface area contributed by atoms with Gasteiger partial charge in [0, 0.05) is 36.6 Å². The van der Waals surface area contributed by atoms with Crippen LogP contribution in [0.3, 0.4) is 0 Å². The van der Waals surface area contributed by atoms with Gasteiger partial charge < -0.3 is 14.5 Å². The number of carbonyl (C=O) groups excluding carboxylic acids is 2. The average Bonchev–Trinajstić information content (AvgIpc) is 2.91. The second-order valence-electron chi connectivity index (χ2n) is 9.94. The third-order valence-electron chi connectivity index (χ3n) is 7.65. The molecule has 0 amide bonds. The van der Waals surface area contributed by atoms with Gasteiger partial charge in [-0.15, -0.1) is 0 Å². The SMILES string of the molecule is O=C(C[N+]12CCC(CC1)C(OC(=O)C(CNc1ccccc1)c1ccccc1)C2)c1ccccc1. The Kier molecular flexibility index (Phi) is 6.96. The summed E-state index contributed by atoms with van der Waals surface area (Å²) in [6, 6.07) is 29.3. The van der Waals surface area contributed by atoms with Crippen LogP contribution < -0.4 is 5.32 Å². The molecule has 2 unspecified atom stereocenters. The van der Waals surface area contributed by atoms with E-state index in [2.05, 4.69) is 5.32 Å². The molecule has 5 nitrogen and oxygen atoms in total. The molecule has 3 aliphatic heterocycles. The molecule has 0 radical (unpaired) electrons. The minimum Gasteiger partial charge on any atom is -0.456 e. The third-order valence-corrected chi connectivity index (χ3v) is 7.65. The molecule has 0 saturated carbocycles. The molecule has 35 heavy (non-hydrogen) atoms. The second kappa shape index (κ2) is 10.4. The van der Waals surface area contributed by atoms with Crippen LogP contribution in [0.15, 0.2) is 91.0 Å². The zero-order valence-electron chi connectivity index (χ0n) is 20.0. The maximum atomic E-state index is 13.5. The Labute approximate surface area is 207 Å². The van der Waals surface area contributed by atoms with E-state index >= 15 is 0 Å². The number of rotatable bonds is 9. The van der Waals surface area contributed by atoms with Gasteiger partial charge in [0.15, 0.2) is 6.10 Å². The van der Waals surface area contributed by atoms with Crippen molar-refractivity contribution in [1.29, 1.82) is 0 Å². The summed E-state index contributed by atoms with van der Waals surface area (Å²) >= 11 is 0. The minimum atomic E-state index is -0.397. The van der Waals surface area contributed by atoms with Gasteiger partial charge >= 0.3 is 5.97 Å². The fourth-order valence-electron chi connectivity index (χ4n) is 5.63. The highest BCUT2D eigenvalue weighted by molar-refractivity contribution is 5.97. The standard InChI is InChI=1S/C30H33N2O3/c33-28(24-12-6-2-7-13-24)21-32-18-16-25(17-19-32)29(22-32)35-30(34)27(23-10-4-1-5-11-23)20-31-26-14-8-3-9-15-26/h1-15,25,27,29,31H,16-22H2/q+1. The molecule has 3 aromatic rings. The van der Waals surface area contributed by atoms with E-state index in [1.807, 2.05) is 91.0 Å². The molecule has 0 aromatic heterocycles. The summed E-state index contributed by atoms with van der Waals surface area (Å²) in [5.74, 6) is -0.0355. The fourth-order valence-corrected chi connectivity index (χ4v) is 5.63. The summed E-state index contributed by atoms with van der Waals surface area (Å²) < 4.78 is 6.96. The minimum absolute atomic E-state index is 0.142. The van der Waals surface area contributed by atoms with Crippen LogP contribution in [0.4, 0.5) is 5.69 Å². The zero-order valence-corrected chi connectivity index (χ0v) is 20.0. The van der Waals surface area contributed by atoms with Crippen molar-refractivity contribution < 1.29 is 18.8 Å². The number of para-hydroxylation sites is 1. The summed E-state index contributed by atoms with van der Waals surface area (Å²) in [6.45, 7) is 3.63. The molecule has 5 heteroatoms. The maximum Gasteiger partial charge on any atom is 0.315 e. The van der Waals surface area contributed by atoms with Crippen LogP contribution in [0.5, 0.6) is 0 Å². The van der Waals surface area contributed by atoms with Gasteiger partial charge in [-0.1, -0.05) is 78.9 Å². The number of nitrogens with zero attached hydrogens (tertiary/aromatic N) is 1. The maximum absolute atomic E-state index is 13.5. The summed E-state index contributed by atoms with van der Waals surface area (Å²) in [4.78, 5) is 26.5. The number of nitrogens with one attached hydrogen (secondary N) is 1. The van der Waals surface area contributed by atoms with E-state index < -0.39 is 5.92 Å². The molecule has 0 spiro atoms. The van der Waals surface area contributed by atoms with Crippen molar-refractivity contribution in [2.24, 2.45) is 5.92 Å². The number of quaternary nitrogens is 1. The monoisotopic (exact) mass is 469 g/mol. The Morgan fingerprint density at radius 1 is 0.857 bits per heavy atom. The van der Waals surface area contributed by atoms with Gasteiger partial charge in [0.1, 0.15) is 13.1 Å². The number of anilines is 1. The fraction of sp³-hybridized carbons (Fsp3) is 0.333. The molecular formula is C30H33N2O3+. The Hall–Kier alpha value is -3.44. The van der Waals surface area contributed by atoms with E-state index in [1.54, 1.807) is 0 Å². The van der Waals surface area contributed by atoms with Gasteiger partial charge in [-0.05, 0) is 17.7 Å². The Bertz CT molecular complexity index is 1130. The number of Topliss-reactive ketones (excluding diaryl/α,β-unsaturated/α-hetero) is 1. The van der Waals surface area contributed by atoms with Crippen molar-refractivity contribution >= 4 is 17.4 Å². The molecule has 3 aliphatic rings. The number of ketones is 1. The predicted molar refractivity (Wildman–Crippen MR) is 137 cm³/mol. The van der Waals surface area contributed by atoms with E-state index in [9.17, 15) is 9.59 Å². The lowest BCUT2D eigenvalue weighted by molar-refractivity contribution is -0.938. The van der Waals surface area contributed by atoms with Gasteiger partial charge in [-0.2, -0.15) is 0 Å². The first-order chi connectivity index (χ1) is 17.1. The van der Waals surface area contributed by atoms with Gasteiger partial charge in [-0.25, -0.2) is 0 Å². The smallest absolute Gasteiger partial charge is 0.315 e. The van der Waals surface area contributed by atoms with Crippen molar-refractivity contribution in [3.8, 4) is 0 Å². The molecule has 0 aliphatic carbocycles. The van der Waals surface area contributed by atoms with Gasteiger partial charge in [-0.3, -0.25) is 9.59 Å². The summed E-state index contributed by atoms with van der Waals surface area (Å²) in [6.07, 6.45) is 1.85. The first-order valence-electron chi connectivity index (χ1n) is 12.6. The molecule has 3 saturated heterocycles. The van der Waals surface area contributed by atoms with Crippen LogP contribution in [0, 0.1) is 5.92 Å². The van der Waals surface area contributed by atoms with Gasteiger partial charge in [0.2, 0.25) is 5.78 Å². The van der Waals surface area contributed by atoms with E-state index in [1.165, 1.54) is 0 Å². The first kappa shape index (κ1) is 23.3. The van der Waals surface area contributed by atoms with Crippen molar-refractivity contribution in [2.75, 3.05) is 38.0 Å². The highest BCUT2D eigenvalue weighted by Gasteiger charge is 2.49. The van der Waals surface area contributed by atoms with Crippen molar-refractivity contribution in [3.63, 3.8) is 0 Å². The summed E-state index contributed by atoms with van der Waals surface area (Å²) in [5.41, 5.74) is 2.69. The summed E-state index contributed by atoms with van der Waals surface area (Å²) in [5, 5.41) is 3.40. The van der Waals surface area contributed by atoms with Crippen LogP contribution >= 0.6 is 0 Å². The molecule has 3 aromatic carbocycles. The summed E-state index contributed by atoms with van der Waals surface area (Å²) in [7, 11) is 0. The number of piperidine rings is 3. The average molecular weight is 470 g/mol. The highest BCUT2D eigenvalue weighted by atomic mass is 16.5. The number of benzene rings is 3. The van der Waals surface area contributed by atoms with Crippen molar-refractivity contribution in [3.05, 3.63) is 102 Å². The highest BCUT2D eigenvalue weighted by Crippen LogP contribution is 2.36. The molecule has 2 bridgehead atoms. The number of carbonyl (C=O) groups is 2. The van der Waals surface area contributed by atoms with Crippen LogP contribution in [-0.4, -0.2) is 55.1 Å². The lowest BCUT2D eigenvalue weighted by Crippen LogP contribution is -2.65. The molecule has 2 atom stereocenters. The van der Waals surface area contributed by atoms with Crippen LogP contribution in [0.25, 0.3) is 0 Å². The quantitative estimate of drug-likeness (QED) is 0.275. The predicted octanol–water partition coefficient (Wildman–Crippen LogP) is 4.92. The van der Waals surface area contributed by atoms with E-state index in [4.69, 9.17) is 4.74 Å². The molecular weight excluding hydrogens is 436 g/mol. The number of hydrogen-bond acceptors (Lipinski definition) is 4. The second-order valence-corrected chi connectivity index (χ2v) is 9.94. The van der Waals surface area contributed by atoms with Crippen LogP contribution in [0.1, 0.15) is 34.7 Å². The topological polar surface area (TPSA) is 55.4 Å². The molecule has 180 valence electrons. The number of hydrogen-bond donors (Lipinski definition) is 1. The van der Waals surface area contributed by atoms with Gasteiger partial charge in [0.25, 0.3) is 0 Å². The zero-order chi connectivity index (χ0) is 24.1.